The van der Waals surface area contributed by atoms with Crippen molar-refractivity contribution in [3.63, 3.8) is 0 Å². The average Bonchev–Trinajstić information content (AvgIpc) is 2.74. The van der Waals surface area contributed by atoms with E-state index < -0.39 is 10.0 Å². The van der Waals surface area contributed by atoms with Crippen LogP contribution in [0.1, 0.15) is 0 Å². The Morgan fingerprint density at radius 1 is 0.767 bits per heavy atom. The van der Waals surface area contributed by atoms with Crippen molar-refractivity contribution < 1.29 is 8.42 Å². The number of rotatable bonds is 4. The van der Waals surface area contributed by atoms with E-state index in [1.807, 2.05) is 54.6 Å². The number of hydrogen-bond acceptors (Lipinski definition) is 5. The molecule has 0 unspecified atom stereocenters. The minimum absolute atomic E-state index is 0.516. The van der Waals surface area contributed by atoms with E-state index >= 15 is 0 Å². The van der Waals surface area contributed by atoms with Crippen LogP contribution in [-0.4, -0.2) is 24.6 Å². The molecular formula is C23H18N4O2S. The molecule has 0 saturated heterocycles. The molecule has 2 heterocycles. The summed E-state index contributed by atoms with van der Waals surface area (Å²) in [7, 11) is -3.31. The van der Waals surface area contributed by atoms with E-state index in [9.17, 15) is 8.42 Å². The van der Waals surface area contributed by atoms with Crippen molar-refractivity contribution in [1.29, 1.82) is 0 Å². The number of anilines is 3. The van der Waals surface area contributed by atoms with Gasteiger partial charge in [0.25, 0.3) is 0 Å². The summed E-state index contributed by atoms with van der Waals surface area (Å²) in [6.07, 6.45) is 2.91. The van der Waals surface area contributed by atoms with Gasteiger partial charge in [-0.3, -0.25) is 9.71 Å². The van der Waals surface area contributed by atoms with Crippen LogP contribution in [0.3, 0.4) is 0 Å². The molecule has 0 atom stereocenters. The molecule has 148 valence electrons. The quantitative estimate of drug-likeness (QED) is 0.318. The van der Waals surface area contributed by atoms with Gasteiger partial charge in [0.05, 0.1) is 28.5 Å². The standard InChI is InChI=1S/C23H18N4O2S/c1-30(28,29)27-17-11-9-16(10-12-17)25-22-18-6-2-3-7-20(18)26-23-19(22)13-8-15-5-4-14-24-21(15)23/h2-14,27H,1H3,(H,25,26). The number of para-hydroxylation sites is 1. The highest BCUT2D eigenvalue weighted by Crippen LogP contribution is 2.35. The molecule has 0 amide bonds. The topological polar surface area (TPSA) is 84.0 Å². The van der Waals surface area contributed by atoms with Crippen molar-refractivity contribution in [3.05, 3.63) is 79.0 Å². The van der Waals surface area contributed by atoms with Gasteiger partial charge in [0.2, 0.25) is 10.0 Å². The van der Waals surface area contributed by atoms with Gasteiger partial charge in [-0.2, -0.15) is 0 Å². The van der Waals surface area contributed by atoms with Gasteiger partial charge in [0.15, 0.2) is 0 Å². The number of hydrogen-bond donors (Lipinski definition) is 2. The molecule has 2 aromatic heterocycles. The maximum Gasteiger partial charge on any atom is 0.229 e. The summed E-state index contributed by atoms with van der Waals surface area (Å²) < 4.78 is 25.4. The summed E-state index contributed by atoms with van der Waals surface area (Å²) in [5.41, 5.74) is 4.87. The Kier molecular flexibility index (Phi) is 4.25. The Hall–Kier alpha value is -3.71. The van der Waals surface area contributed by atoms with Gasteiger partial charge in [-0.15, -0.1) is 0 Å². The molecule has 7 heteroatoms. The second-order valence-electron chi connectivity index (χ2n) is 7.12. The number of benzene rings is 3. The molecule has 0 bridgehead atoms. The zero-order valence-electron chi connectivity index (χ0n) is 16.1. The molecule has 0 aliphatic carbocycles. The summed E-state index contributed by atoms with van der Waals surface area (Å²) in [5.74, 6) is 0. The Bertz CT molecular complexity index is 1510. The Balaban J connectivity index is 1.68. The Morgan fingerprint density at radius 3 is 2.33 bits per heavy atom. The molecule has 5 rings (SSSR count). The van der Waals surface area contributed by atoms with Crippen LogP contribution in [0.4, 0.5) is 17.1 Å². The SMILES string of the molecule is CS(=O)(=O)Nc1ccc(Nc2c3ccccc3nc3c2ccc2cccnc23)cc1. The monoisotopic (exact) mass is 414 g/mol. The largest absolute Gasteiger partial charge is 0.354 e. The van der Waals surface area contributed by atoms with Crippen molar-refractivity contribution in [2.24, 2.45) is 0 Å². The molecule has 0 fully saturated rings. The predicted molar refractivity (Wildman–Crippen MR) is 123 cm³/mol. The van der Waals surface area contributed by atoms with Crippen LogP contribution >= 0.6 is 0 Å². The zero-order valence-corrected chi connectivity index (χ0v) is 16.9. The third-order valence-corrected chi connectivity index (χ3v) is 5.49. The molecule has 0 aliphatic heterocycles. The number of aromatic nitrogens is 2. The van der Waals surface area contributed by atoms with Gasteiger partial charge in [-0.25, -0.2) is 13.4 Å². The normalized spacial score (nSPS) is 11.8. The second kappa shape index (κ2) is 6.96. The van der Waals surface area contributed by atoms with Crippen LogP contribution in [0.5, 0.6) is 0 Å². The Labute approximate surface area is 173 Å². The lowest BCUT2D eigenvalue weighted by Crippen LogP contribution is -2.09. The third-order valence-electron chi connectivity index (χ3n) is 4.88. The van der Waals surface area contributed by atoms with E-state index in [0.29, 0.717) is 5.69 Å². The highest BCUT2D eigenvalue weighted by atomic mass is 32.2. The predicted octanol–water partition coefficient (Wildman–Crippen LogP) is 5.05. The smallest absolute Gasteiger partial charge is 0.229 e. The number of nitrogens with zero attached hydrogens (tertiary/aromatic N) is 2. The maximum atomic E-state index is 11.4. The zero-order chi connectivity index (χ0) is 20.7. The minimum atomic E-state index is -3.31. The van der Waals surface area contributed by atoms with Crippen molar-refractivity contribution in [3.8, 4) is 0 Å². The first-order valence-corrected chi connectivity index (χ1v) is 11.3. The molecule has 0 aliphatic rings. The molecule has 5 aromatic rings. The average molecular weight is 414 g/mol. The van der Waals surface area contributed by atoms with Crippen molar-refractivity contribution in [2.45, 2.75) is 0 Å². The molecule has 3 aromatic carbocycles. The van der Waals surface area contributed by atoms with Crippen LogP contribution in [0.25, 0.3) is 32.7 Å². The fourth-order valence-electron chi connectivity index (χ4n) is 3.61. The summed E-state index contributed by atoms with van der Waals surface area (Å²) in [4.78, 5) is 9.44. The van der Waals surface area contributed by atoms with Gasteiger partial charge in [-0.1, -0.05) is 30.3 Å². The second-order valence-corrected chi connectivity index (χ2v) is 8.87. The van der Waals surface area contributed by atoms with Gasteiger partial charge in [0.1, 0.15) is 0 Å². The first kappa shape index (κ1) is 18.3. The van der Waals surface area contributed by atoms with Crippen LogP contribution in [0, 0.1) is 0 Å². The molecule has 0 radical (unpaired) electrons. The molecule has 0 saturated carbocycles. The molecule has 2 N–H and O–H groups in total. The summed E-state index contributed by atoms with van der Waals surface area (Å²) in [6.45, 7) is 0. The van der Waals surface area contributed by atoms with Crippen LogP contribution < -0.4 is 10.0 Å². The van der Waals surface area contributed by atoms with E-state index in [2.05, 4.69) is 21.1 Å². The molecule has 0 spiro atoms. The van der Waals surface area contributed by atoms with Crippen LogP contribution in [0.2, 0.25) is 0 Å². The minimum Gasteiger partial charge on any atom is -0.354 e. The number of fused-ring (bicyclic) bond motifs is 4. The van der Waals surface area contributed by atoms with E-state index in [1.165, 1.54) is 0 Å². The molecular weight excluding hydrogens is 396 g/mol. The number of sulfonamides is 1. The summed E-state index contributed by atoms with van der Waals surface area (Å²) in [6, 6.07) is 23.2. The van der Waals surface area contributed by atoms with E-state index in [0.717, 1.165) is 50.3 Å². The number of nitrogens with one attached hydrogen (secondary N) is 2. The van der Waals surface area contributed by atoms with Gasteiger partial charge in [0, 0.05) is 33.7 Å². The summed E-state index contributed by atoms with van der Waals surface area (Å²) >= 11 is 0. The molecule has 30 heavy (non-hydrogen) atoms. The van der Waals surface area contributed by atoms with Gasteiger partial charge in [-0.05, 0) is 42.5 Å². The lowest BCUT2D eigenvalue weighted by Gasteiger charge is -2.15. The Morgan fingerprint density at radius 2 is 1.53 bits per heavy atom. The van der Waals surface area contributed by atoms with Crippen molar-refractivity contribution in [2.75, 3.05) is 16.3 Å². The van der Waals surface area contributed by atoms with Crippen molar-refractivity contribution >= 4 is 59.8 Å². The van der Waals surface area contributed by atoms with Gasteiger partial charge >= 0.3 is 0 Å². The molecule has 6 nitrogen and oxygen atoms in total. The third kappa shape index (κ3) is 3.40. The highest BCUT2D eigenvalue weighted by molar-refractivity contribution is 7.92. The van der Waals surface area contributed by atoms with E-state index in [4.69, 9.17) is 4.98 Å². The fraction of sp³-hybridized carbons (Fsp3) is 0.0435. The van der Waals surface area contributed by atoms with Crippen LogP contribution in [0.15, 0.2) is 79.0 Å². The van der Waals surface area contributed by atoms with Crippen molar-refractivity contribution in [1.82, 2.24) is 9.97 Å². The lowest BCUT2D eigenvalue weighted by molar-refractivity contribution is 0.607. The van der Waals surface area contributed by atoms with E-state index in [-0.39, 0.29) is 0 Å². The van der Waals surface area contributed by atoms with Crippen LogP contribution in [-0.2, 0) is 10.0 Å². The lowest BCUT2D eigenvalue weighted by atomic mass is 10.0. The van der Waals surface area contributed by atoms with E-state index in [1.54, 1.807) is 18.3 Å². The first-order chi connectivity index (χ1) is 14.5. The summed E-state index contributed by atoms with van der Waals surface area (Å²) in [5, 5.41) is 6.51. The van der Waals surface area contributed by atoms with Gasteiger partial charge < -0.3 is 5.32 Å². The first-order valence-electron chi connectivity index (χ1n) is 9.39. The fourth-order valence-corrected chi connectivity index (χ4v) is 4.17. The maximum absolute atomic E-state index is 11.4. The highest BCUT2D eigenvalue weighted by Gasteiger charge is 2.12. The number of pyridine rings is 2.